The van der Waals surface area contributed by atoms with Gasteiger partial charge in [0.1, 0.15) is 22.6 Å². The summed E-state index contributed by atoms with van der Waals surface area (Å²) in [5, 5.41) is 0.546. The summed E-state index contributed by atoms with van der Waals surface area (Å²) in [6.07, 6.45) is 5.86. The van der Waals surface area contributed by atoms with E-state index in [9.17, 15) is 9.59 Å². The Hall–Kier alpha value is -3.08. The average molecular weight is 423 g/mol. The first-order valence-corrected chi connectivity index (χ1v) is 10.9. The second-order valence-electron chi connectivity index (χ2n) is 7.74. The van der Waals surface area contributed by atoms with Crippen molar-refractivity contribution in [2.75, 3.05) is 14.2 Å². The van der Waals surface area contributed by atoms with Gasteiger partial charge in [0.15, 0.2) is 5.78 Å². The van der Waals surface area contributed by atoms with Crippen molar-refractivity contribution in [1.29, 1.82) is 0 Å². The van der Waals surface area contributed by atoms with E-state index in [4.69, 9.17) is 13.9 Å². The van der Waals surface area contributed by atoms with Gasteiger partial charge < -0.3 is 13.9 Å². The van der Waals surface area contributed by atoms with Crippen LogP contribution in [-0.2, 0) is 0 Å². The van der Waals surface area contributed by atoms with Crippen LogP contribution < -0.4 is 15.1 Å². The zero-order valence-corrected chi connectivity index (χ0v) is 18.7. The van der Waals surface area contributed by atoms with E-state index in [2.05, 4.69) is 13.8 Å². The molecular weight excluding hydrogens is 392 g/mol. The normalized spacial score (nSPS) is 12.0. The zero-order valence-electron chi connectivity index (χ0n) is 18.7. The van der Waals surface area contributed by atoms with Crippen molar-refractivity contribution in [3.05, 3.63) is 69.6 Å². The maximum atomic E-state index is 13.1. The molecule has 3 aromatic rings. The smallest absolute Gasteiger partial charge is 0.347 e. The van der Waals surface area contributed by atoms with Crippen LogP contribution in [0.15, 0.2) is 51.7 Å². The number of unbranched alkanes of at least 4 members (excludes halogenated alkanes) is 2. The minimum absolute atomic E-state index is 0.0151. The largest absolute Gasteiger partial charge is 0.496 e. The second-order valence-corrected chi connectivity index (χ2v) is 7.74. The number of ether oxygens (including phenoxy) is 2. The summed E-state index contributed by atoms with van der Waals surface area (Å²) in [6, 6.07) is 12.4. The van der Waals surface area contributed by atoms with Crippen molar-refractivity contribution >= 4 is 16.8 Å². The van der Waals surface area contributed by atoms with E-state index in [1.54, 1.807) is 24.3 Å². The third-order valence-corrected chi connectivity index (χ3v) is 5.78. The fourth-order valence-corrected chi connectivity index (χ4v) is 3.92. The molecule has 1 atom stereocenters. The molecular formula is C26H30O5. The summed E-state index contributed by atoms with van der Waals surface area (Å²) in [7, 11) is 3.04. The number of rotatable bonds is 10. The molecule has 0 saturated heterocycles. The first kappa shape index (κ1) is 22.6. The number of methoxy groups -OCH3 is 2. The maximum Gasteiger partial charge on any atom is 0.347 e. The van der Waals surface area contributed by atoms with E-state index in [0.717, 1.165) is 12.8 Å². The van der Waals surface area contributed by atoms with Crippen molar-refractivity contribution in [3.63, 3.8) is 0 Å². The molecule has 2 aromatic carbocycles. The lowest BCUT2D eigenvalue weighted by Crippen LogP contribution is -2.15. The molecule has 31 heavy (non-hydrogen) atoms. The minimum atomic E-state index is -0.678. The van der Waals surface area contributed by atoms with Crippen LogP contribution in [0, 0.1) is 0 Å². The van der Waals surface area contributed by atoms with Crippen LogP contribution in [0.4, 0.5) is 0 Å². The van der Waals surface area contributed by atoms with E-state index in [0.29, 0.717) is 33.9 Å². The Balaban J connectivity index is 1.91. The van der Waals surface area contributed by atoms with Gasteiger partial charge in [-0.3, -0.25) is 4.79 Å². The fourth-order valence-electron chi connectivity index (χ4n) is 3.92. The Labute approximate surface area is 183 Å². The van der Waals surface area contributed by atoms with E-state index in [1.807, 2.05) is 12.1 Å². The first-order chi connectivity index (χ1) is 15.0. The number of benzene rings is 2. The third-order valence-electron chi connectivity index (χ3n) is 5.78. The van der Waals surface area contributed by atoms with Gasteiger partial charge in [0.05, 0.1) is 19.6 Å². The minimum Gasteiger partial charge on any atom is -0.496 e. The number of hydrogen-bond donors (Lipinski definition) is 0. The number of carbonyl (C=O) groups excluding carboxylic acids is 1. The molecule has 1 heterocycles. The van der Waals surface area contributed by atoms with Gasteiger partial charge in [0.25, 0.3) is 0 Å². The van der Waals surface area contributed by atoms with Crippen molar-refractivity contribution in [1.82, 2.24) is 0 Å². The molecule has 0 amide bonds. The SMILES string of the molecule is CCCCCC(CC)c1ccc(C(=O)c2cc3c(OC)cc(OC)cc3oc2=O)cc1. The Morgan fingerprint density at radius 1 is 1.00 bits per heavy atom. The quantitative estimate of drug-likeness (QED) is 0.224. The number of ketones is 1. The van der Waals surface area contributed by atoms with Crippen molar-refractivity contribution in [2.24, 2.45) is 0 Å². The summed E-state index contributed by atoms with van der Waals surface area (Å²) in [6.45, 7) is 4.40. The summed E-state index contributed by atoms with van der Waals surface area (Å²) in [5.41, 5.74) is 1.31. The Bertz CT molecular complexity index is 1100. The summed E-state index contributed by atoms with van der Waals surface area (Å²) >= 11 is 0. The van der Waals surface area contributed by atoms with Crippen LogP contribution in [0.25, 0.3) is 11.0 Å². The van der Waals surface area contributed by atoms with Gasteiger partial charge in [-0.15, -0.1) is 0 Å². The highest BCUT2D eigenvalue weighted by Crippen LogP contribution is 2.31. The van der Waals surface area contributed by atoms with Crippen LogP contribution in [0.1, 0.15) is 73.4 Å². The lowest BCUT2D eigenvalue weighted by atomic mass is 9.90. The molecule has 1 unspecified atom stereocenters. The molecule has 0 fully saturated rings. The molecule has 0 radical (unpaired) electrons. The molecule has 164 valence electrons. The molecule has 0 bridgehead atoms. The number of fused-ring (bicyclic) bond motifs is 1. The van der Waals surface area contributed by atoms with Gasteiger partial charge >= 0.3 is 5.63 Å². The standard InChI is InChI=1S/C26H30O5/c1-5-7-8-9-17(6-2)18-10-12-19(13-11-18)25(27)22-16-21-23(30-4)14-20(29-3)15-24(21)31-26(22)28/h10-17H,5-9H2,1-4H3. The molecule has 5 nitrogen and oxygen atoms in total. The Morgan fingerprint density at radius 2 is 1.74 bits per heavy atom. The molecule has 0 aliphatic rings. The molecule has 0 aliphatic heterocycles. The van der Waals surface area contributed by atoms with Gasteiger partial charge in [0, 0.05) is 17.7 Å². The molecule has 0 saturated carbocycles. The lowest BCUT2D eigenvalue weighted by molar-refractivity contribution is 0.103. The molecule has 0 aliphatic carbocycles. The third kappa shape index (κ3) is 4.98. The predicted octanol–water partition coefficient (Wildman–Crippen LogP) is 6.12. The van der Waals surface area contributed by atoms with Crippen LogP contribution in [0.3, 0.4) is 0 Å². The van der Waals surface area contributed by atoms with Gasteiger partial charge in [0.2, 0.25) is 0 Å². The molecule has 0 N–H and O–H groups in total. The van der Waals surface area contributed by atoms with Gasteiger partial charge in [-0.05, 0) is 30.4 Å². The second kappa shape index (κ2) is 10.3. The number of carbonyl (C=O) groups is 1. The zero-order chi connectivity index (χ0) is 22.4. The van der Waals surface area contributed by atoms with E-state index in [-0.39, 0.29) is 11.3 Å². The van der Waals surface area contributed by atoms with Crippen LogP contribution in [-0.4, -0.2) is 20.0 Å². The van der Waals surface area contributed by atoms with Crippen LogP contribution in [0.2, 0.25) is 0 Å². The molecule has 1 aromatic heterocycles. The Kier molecular flexibility index (Phi) is 7.50. The first-order valence-electron chi connectivity index (χ1n) is 10.9. The number of hydrogen-bond acceptors (Lipinski definition) is 5. The monoisotopic (exact) mass is 422 g/mol. The van der Waals surface area contributed by atoms with Gasteiger partial charge in [-0.1, -0.05) is 57.4 Å². The van der Waals surface area contributed by atoms with E-state index < -0.39 is 5.63 Å². The van der Waals surface area contributed by atoms with Gasteiger partial charge in [-0.25, -0.2) is 4.79 Å². The molecule has 3 rings (SSSR count). The fraction of sp³-hybridized carbons (Fsp3) is 0.385. The lowest BCUT2D eigenvalue weighted by Gasteiger charge is -2.15. The summed E-state index contributed by atoms with van der Waals surface area (Å²) < 4.78 is 16.0. The Morgan fingerprint density at radius 3 is 2.35 bits per heavy atom. The van der Waals surface area contributed by atoms with Crippen molar-refractivity contribution in [3.8, 4) is 11.5 Å². The maximum absolute atomic E-state index is 13.1. The van der Waals surface area contributed by atoms with Gasteiger partial charge in [-0.2, -0.15) is 0 Å². The van der Waals surface area contributed by atoms with E-state index >= 15 is 0 Å². The highest BCUT2D eigenvalue weighted by molar-refractivity contribution is 6.10. The summed E-state index contributed by atoms with van der Waals surface area (Å²) in [4.78, 5) is 25.6. The summed E-state index contributed by atoms with van der Waals surface area (Å²) in [5.74, 6) is 1.10. The van der Waals surface area contributed by atoms with Crippen LogP contribution >= 0.6 is 0 Å². The predicted molar refractivity (Wildman–Crippen MR) is 123 cm³/mol. The van der Waals surface area contributed by atoms with Crippen LogP contribution in [0.5, 0.6) is 11.5 Å². The topological polar surface area (TPSA) is 65.7 Å². The van der Waals surface area contributed by atoms with Crippen molar-refractivity contribution < 1.29 is 18.7 Å². The van der Waals surface area contributed by atoms with Crippen molar-refractivity contribution in [2.45, 2.75) is 51.9 Å². The molecule has 5 heteroatoms. The molecule has 0 spiro atoms. The highest BCUT2D eigenvalue weighted by Gasteiger charge is 2.19. The van der Waals surface area contributed by atoms with E-state index in [1.165, 1.54) is 45.1 Å². The highest BCUT2D eigenvalue weighted by atomic mass is 16.5. The average Bonchev–Trinajstić information content (AvgIpc) is 2.80.